The summed E-state index contributed by atoms with van der Waals surface area (Å²) in [6.07, 6.45) is -1.25. The molecule has 0 fully saturated rings. The van der Waals surface area contributed by atoms with Gasteiger partial charge < -0.3 is 20.8 Å². The van der Waals surface area contributed by atoms with Crippen molar-refractivity contribution in [3.05, 3.63) is 35.9 Å². The Morgan fingerprint density at radius 3 is 2.10 bits per heavy atom. The van der Waals surface area contributed by atoms with Gasteiger partial charge in [-0.05, 0) is 26.0 Å². The molecular weight excluding hydrogens is 276 g/mol. The van der Waals surface area contributed by atoms with Gasteiger partial charge in [0.05, 0.1) is 6.10 Å². The van der Waals surface area contributed by atoms with Crippen molar-refractivity contribution >= 4 is 17.8 Å². The van der Waals surface area contributed by atoms with Crippen molar-refractivity contribution in [2.24, 2.45) is 0 Å². The van der Waals surface area contributed by atoms with Crippen LogP contribution in [0.25, 0.3) is 0 Å². The van der Waals surface area contributed by atoms with E-state index in [1.807, 2.05) is 0 Å². The van der Waals surface area contributed by atoms with Crippen molar-refractivity contribution in [2.75, 3.05) is 0 Å². The lowest BCUT2D eigenvalue weighted by atomic mass is 10.1. The first kappa shape index (κ1) is 16.6. The van der Waals surface area contributed by atoms with Crippen LogP contribution in [-0.2, 0) is 9.59 Å². The van der Waals surface area contributed by atoms with Crippen molar-refractivity contribution in [2.45, 2.75) is 32.0 Å². The monoisotopic (exact) mass is 294 g/mol. The third-order valence-electron chi connectivity index (χ3n) is 2.82. The molecule has 0 spiro atoms. The molecule has 1 rings (SSSR count). The zero-order valence-electron chi connectivity index (χ0n) is 11.7. The maximum atomic E-state index is 11.9. The second-order valence-electron chi connectivity index (χ2n) is 4.63. The number of aliphatic carboxylic acids is 1. The van der Waals surface area contributed by atoms with Crippen LogP contribution in [0.5, 0.6) is 0 Å². The molecule has 0 heterocycles. The molecule has 4 N–H and O–H groups in total. The smallest absolute Gasteiger partial charge is 0.328 e. The van der Waals surface area contributed by atoms with Gasteiger partial charge in [-0.25, -0.2) is 4.79 Å². The van der Waals surface area contributed by atoms with Crippen molar-refractivity contribution in [1.82, 2.24) is 10.6 Å². The fraction of sp³-hybridized carbons (Fsp3) is 0.357. The maximum absolute atomic E-state index is 11.9. The third-order valence-corrected chi connectivity index (χ3v) is 2.82. The molecule has 0 aliphatic heterocycles. The molecule has 0 bridgehead atoms. The first-order chi connectivity index (χ1) is 9.82. The summed E-state index contributed by atoms with van der Waals surface area (Å²) in [7, 11) is 0. The van der Waals surface area contributed by atoms with E-state index in [1.165, 1.54) is 13.8 Å². The largest absolute Gasteiger partial charge is 0.480 e. The van der Waals surface area contributed by atoms with E-state index in [0.29, 0.717) is 5.56 Å². The Balaban J connectivity index is 2.63. The van der Waals surface area contributed by atoms with Crippen LogP contribution < -0.4 is 10.6 Å². The molecule has 1 aromatic carbocycles. The van der Waals surface area contributed by atoms with Gasteiger partial charge in [0.1, 0.15) is 6.04 Å². The molecule has 0 radical (unpaired) electrons. The molecule has 0 aliphatic carbocycles. The second kappa shape index (κ2) is 7.39. The van der Waals surface area contributed by atoms with E-state index in [-0.39, 0.29) is 0 Å². The molecule has 7 heteroatoms. The number of carboxylic acid groups (broad SMARTS) is 1. The van der Waals surface area contributed by atoms with E-state index in [2.05, 4.69) is 10.6 Å². The molecule has 0 saturated carbocycles. The minimum atomic E-state index is -1.42. The molecule has 114 valence electrons. The Morgan fingerprint density at radius 2 is 1.62 bits per heavy atom. The van der Waals surface area contributed by atoms with E-state index in [4.69, 9.17) is 5.11 Å². The number of carboxylic acids is 1. The average molecular weight is 294 g/mol. The number of hydrogen-bond donors (Lipinski definition) is 4. The van der Waals surface area contributed by atoms with Crippen molar-refractivity contribution < 1.29 is 24.6 Å². The molecular formula is C14H18N2O5. The Morgan fingerprint density at radius 1 is 1.05 bits per heavy atom. The number of amides is 2. The van der Waals surface area contributed by atoms with Gasteiger partial charge in [-0.1, -0.05) is 18.2 Å². The van der Waals surface area contributed by atoms with Crippen LogP contribution in [0, 0.1) is 0 Å². The maximum Gasteiger partial charge on any atom is 0.328 e. The summed E-state index contributed by atoms with van der Waals surface area (Å²) in [5.74, 6) is -2.48. The van der Waals surface area contributed by atoms with E-state index < -0.39 is 36.0 Å². The number of nitrogens with one attached hydrogen (secondary N) is 2. The van der Waals surface area contributed by atoms with E-state index in [1.54, 1.807) is 30.3 Å². The van der Waals surface area contributed by atoms with Crippen LogP contribution in [0.1, 0.15) is 24.2 Å². The molecule has 21 heavy (non-hydrogen) atoms. The fourth-order valence-electron chi connectivity index (χ4n) is 1.60. The Bertz CT molecular complexity index is 515. The highest BCUT2D eigenvalue weighted by atomic mass is 16.4. The van der Waals surface area contributed by atoms with Gasteiger partial charge in [0, 0.05) is 5.56 Å². The van der Waals surface area contributed by atoms with E-state index in [9.17, 15) is 19.5 Å². The minimum absolute atomic E-state index is 0.391. The molecule has 7 nitrogen and oxygen atoms in total. The number of carbonyl (C=O) groups is 3. The Kier molecular flexibility index (Phi) is 5.86. The number of aliphatic hydroxyl groups is 1. The number of rotatable bonds is 6. The Labute approximate surface area is 122 Å². The standard InChI is InChI=1S/C14H18N2O5/c1-8(12(18)16-11(9(2)17)14(20)21)15-13(19)10-6-4-3-5-7-10/h3-9,11,17H,1-2H3,(H,15,19)(H,16,18)(H,20,21)/t8?,9-,11+/m1/s1. The molecule has 0 saturated heterocycles. The van der Waals surface area contributed by atoms with Gasteiger partial charge in [0.15, 0.2) is 6.04 Å². The fourth-order valence-corrected chi connectivity index (χ4v) is 1.60. The lowest BCUT2D eigenvalue weighted by Gasteiger charge is -2.20. The second-order valence-corrected chi connectivity index (χ2v) is 4.63. The average Bonchev–Trinajstić information content (AvgIpc) is 2.44. The topological polar surface area (TPSA) is 116 Å². The van der Waals surface area contributed by atoms with Crippen molar-refractivity contribution in [3.63, 3.8) is 0 Å². The van der Waals surface area contributed by atoms with Gasteiger partial charge in [-0.2, -0.15) is 0 Å². The zero-order valence-corrected chi connectivity index (χ0v) is 11.7. The third kappa shape index (κ3) is 4.88. The quantitative estimate of drug-likeness (QED) is 0.577. The van der Waals surface area contributed by atoms with Crippen molar-refractivity contribution in [3.8, 4) is 0 Å². The summed E-state index contributed by atoms with van der Waals surface area (Å²) < 4.78 is 0. The van der Waals surface area contributed by atoms with Gasteiger partial charge in [0.2, 0.25) is 5.91 Å². The van der Waals surface area contributed by atoms with Crippen LogP contribution in [0.3, 0.4) is 0 Å². The van der Waals surface area contributed by atoms with Gasteiger partial charge in [0.25, 0.3) is 5.91 Å². The first-order valence-corrected chi connectivity index (χ1v) is 6.40. The summed E-state index contributed by atoms with van der Waals surface area (Å²) in [5.41, 5.74) is 0.391. The highest BCUT2D eigenvalue weighted by molar-refractivity contribution is 5.97. The normalized spacial score (nSPS) is 14.6. The van der Waals surface area contributed by atoms with Crippen LogP contribution in [0.2, 0.25) is 0 Å². The molecule has 0 aromatic heterocycles. The van der Waals surface area contributed by atoms with Crippen molar-refractivity contribution in [1.29, 1.82) is 0 Å². The minimum Gasteiger partial charge on any atom is -0.480 e. The summed E-state index contributed by atoms with van der Waals surface area (Å²) in [6.45, 7) is 2.68. The predicted octanol–water partition coefficient (Wildman–Crippen LogP) is -0.245. The van der Waals surface area contributed by atoms with Gasteiger partial charge in [-0.15, -0.1) is 0 Å². The van der Waals surface area contributed by atoms with Crippen LogP contribution >= 0.6 is 0 Å². The van der Waals surface area contributed by atoms with Crippen LogP contribution in [0.4, 0.5) is 0 Å². The molecule has 1 unspecified atom stereocenters. The van der Waals surface area contributed by atoms with Gasteiger partial charge in [-0.3, -0.25) is 9.59 Å². The Hall–Kier alpha value is -2.41. The molecule has 3 atom stereocenters. The lowest BCUT2D eigenvalue weighted by Crippen LogP contribution is -2.53. The molecule has 1 aromatic rings. The zero-order chi connectivity index (χ0) is 16.0. The number of benzene rings is 1. The summed E-state index contributed by atoms with van der Waals surface area (Å²) in [6, 6.07) is 5.96. The number of aliphatic hydroxyl groups excluding tert-OH is 1. The first-order valence-electron chi connectivity index (χ1n) is 6.40. The van der Waals surface area contributed by atoms with E-state index in [0.717, 1.165) is 0 Å². The number of carbonyl (C=O) groups excluding carboxylic acids is 2. The number of hydrogen-bond acceptors (Lipinski definition) is 4. The van der Waals surface area contributed by atoms with Crippen LogP contribution in [-0.4, -0.2) is 46.2 Å². The summed E-state index contributed by atoms with van der Waals surface area (Å²) in [4.78, 5) is 34.6. The van der Waals surface area contributed by atoms with Crippen LogP contribution in [0.15, 0.2) is 30.3 Å². The molecule has 2 amide bonds. The van der Waals surface area contributed by atoms with E-state index >= 15 is 0 Å². The SMILES string of the molecule is CC(NC(=O)c1ccccc1)C(=O)N[C@H](C(=O)O)[C@@H](C)O. The highest BCUT2D eigenvalue weighted by Gasteiger charge is 2.27. The summed E-state index contributed by atoms with van der Waals surface area (Å²) in [5, 5.41) is 22.8. The highest BCUT2D eigenvalue weighted by Crippen LogP contribution is 2.00. The predicted molar refractivity (Wildman–Crippen MR) is 74.6 cm³/mol. The summed E-state index contributed by atoms with van der Waals surface area (Å²) >= 11 is 0. The lowest BCUT2D eigenvalue weighted by molar-refractivity contribution is -0.145. The van der Waals surface area contributed by atoms with Gasteiger partial charge >= 0.3 is 5.97 Å². The molecule has 0 aliphatic rings.